The number of thiophene rings is 1. The Hall–Kier alpha value is -2.65. The van der Waals surface area contributed by atoms with E-state index in [0.717, 1.165) is 24.1 Å². The van der Waals surface area contributed by atoms with E-state index < -0.39 is 11.2 Å². The zero-order valence-electron chi connectivity index (χ0n) is 17.2. The molecule has 4 rings (SSSR count). The number of carboxylic acid groups (broad SMARTS) is 1. The molecule has 31 heavy (non-hydrogen) atoms. The Morgan fingerprint density at radius 1 is 1.29 bits per heavy atom. The average Bonchev–Trinajstić information content (AvgIpc) is 3.42. The van der Waals surface area contributed by atoms with Gasteiger partial charge in [0.15, 0.2) is 11.0 Å². The minimum absolute atomic E-state index is 0.0204. The third-order valence-electron chi connectivity index (χ3n) is 5.35. The molecule has 1 aliphatic rings. The molecule has 2 heterocycles. The molecule has 1 amide bonds. The monoisotopic (exact) mass is 456 g/mol. The highest BCUT2D eigenvalue weighted by Gasteiger charge is 2.26. The third kappa shape index (κ3) is 4.99. The zero-order valence-corrected chi connectivity index (χ0v) is 18.8. The molecule has 2 aromatic heterocycles. The van der Waals surface area contributed by atoms with Crippen molar-refractivity contribution in [2.75, 3.05) is 0 Å². The van der Waals surface area contributed by atoms with Crippen LogP contribution in [0.2, 0.25) is 0 Å². The second-order valence-corrected chi connectivity index (χ2v) is 9.75. The second-order valence-electron chi connectivity index (χ2n) is 7.49. The summed E-state index contributed by atoms with van der Waals surface area (Å²) in [5, 5.41) is 23.0. The molecule has 2 N–H and O–H groups in total. The normalized spacial score (nSPS) is 16.5. The molecule has 3 aromatic rings. The van der Waals surface area contributed by atoms with Crippen LogP contribution in [0.5, 0.6) is 0 Å². The molecule has 0 bridgehead atoms. The number of carboxylic acids is 1. The number of amides is 1. The van der Waals surface area contributed by atoms with Gasteiger partial charge < -0.3 is 15.0 Å². The number of aliphatic carboxylic acids is 1. The van der Waals surface area contributed by atoms with Crippen LogP contribution in [0.1, 0.15) is 43.4 Å². The van der Waals surface area contributed by atoms with Crippen LogP contribution in [0.3, 0.4) is 0 Å². The van der Waals surface area contributed by atoms with Gasteiger partial charge in [-0.15, -0.1) is 21.5 Å². The summed E-state index contributed by atoms with van der Waals surface area (Å²) in [6, 6.07) is 12.1. The fraction of sp³-hybridized carbons (Fsp3) is 0.364. The lowest BCUT2D eigenvalue weighted by Crippen LogP contribution is -2.36. The van der Waals surface area contributed by atoms with Crippen LogP contribution in [0.25, 0.3) is 10.7 Å². The van der Waals surface area contributed by atoms with Crippen molar-refractivity contribution >= 4 is 35.0 Å². The molecule has 0 saturated carbocycles. The predicted octanol–water partition coefficient (Wildman–Crippen LogP) is 4.16. The molecule has 0 fully saturated rings. The van der Waals surface area contributed by atoms with Gasteiger partial charge in [0.2, 0.25) is 5.91 Å². The Kier molecular flexibility index (Phi) is 6.72. The summed E-state index contributed by atoms with van der Waals surface area (Å²) in [6.07, 6.45) is 2.99. The summed E-state index contributed by atoms with van der Waals surface area (Å²) < 4.78 is 1.80. The maximum atomic E-state index is 13.0. The molecule has 0 unspecified atom stereocenters. The van der Waals surface area contributed by atoms with Crippen molar-refractivity contribution in [1.29, 1.82) is 0 Å². The van der Waals surface area contributed by atoms with E-state index >= 15 is 0 Å². The summed E-state index contributed by atoms with van der Waals surface area (Å²) >= 11 is 2.83. The highest BCUT2D eigenvalue weighted by atomic mass is 32.2. The maximum Gasteiger partial charge on any atom is 0.305 e. The Labute approximate surface area is 188 Å². The van der Waals surface area contributed by atoms with Crippen LogP contribution in [0.4, 0.5) is 0 Å². The summed E-state index contributed by atoms with van der Waals surface area (Å²) in [7, 11) is 0. The molecule has 0 saturated heterocycles. The van der Waals surface area contributed by atoms with E-state index in [1.54, 1.807) is 4.57 Å². The molecule has 0 radical (unpaired) electrons. The van der Waals surface area contributed by atoms with Crippen LogP contribution in [-0.2, 0) is 22.6 Å². The molecule has 0 aliphatic heterocycles. The van der Waals surface area contributed by atoms with E-state index in [0.29, 0.717) is 11.0 Å². The fourth-order valence-corrected chi connectivity index (χ4v) is 5.38. The molecule has 1 aliphatic carbocycles. The Morgan fingerprint density at radius 3 is 2.90 bits per heavy atom. The van der Waals surface area contributed by atoms with Gasteiger partial charge >= 0.3 is 5.97 Å². The molecule has 7 nitrogen and oxygen atoms in total. The van der Waals surface area contributed by atoms with E-state index in [9.17, 15) is 9.59 Å². The third-order valence-corrected chi connectivity index (χ3v) is 7.29. The standard InChI is InChI=1S/C22H24N4O3S2/c1-14(21(29)23-17-9-4-7-15-6-2-3-8-16(15)17)31-22-25-24-20(18-10-5-13-30-18)26(22)12-11-19(27)28/h2-3,5-6,8,10,13-14,17H,4,7,9,11-12H2,1H3,(H,23,29)(H,27,28)/t14-,17-/m0/s1. The first kappa shape index (κ1) is 21.6. The van der Waals surface area contributed by atoms with Gasteiger partial charge in [0.25, 0.3) is 0 Å². The number of hydrogen-bond acceptors (Lipinski definition) is 6. The van der Waals surface area contributed by atoms with Gasteiger partial charge in [0.1, 0.15) is 0 Å². The summed E-state index contributed by atoms with van der Waals surface area (Å²) in [5.74, 6) is -0.312. The van der Waals surface area contributed by atoms with E-state index in [1.165, 1.54) is 34.2 Å². The predicted molar refractivity (Wildman–Crippen MR) is 121 cm³/mol. The SMILES string of the molecule is C[C@H](Sc1nnc(-c2cccs2)n1CCC(=O)O)C(=O)N[C@H]1CCCc2ccccc21. The Balaban J connectivity index is 1.48. The quantitative estimate of drug-likeness (QED) is 0.494. The van der Waals surface area contributed by atoms with Crippen LogP contribution < -0.4 is 5.32 Å². The number of carbonyl (C=O) groups excluding carboxylic acids is 1. The van der Waals surface area contributed by atoms with E-state index in [1.807, 2.05) is 36.6 Å². The highest BCUT2D eigenvalue weighted by Crippen LogP contribution is 2.32. The molecule has 9 heteroatoms. The lowest BCUT2D eigenvalue weighted by atomic mass is 9.88. The van der Waals surface area contributed by atoms with Crippen molar-refractivity contribution in [3.8, 4) is 10.7 Å². The van der Waals surface area contributed by atoms with Crippen molar-refractivity contribution < 1.29 is 14.7 Å². The van der Waals surface area contributed by atoms with Crippen molar-refractivity contribution in [3.63, 3.8) is 0 Å². The van der Waals surface area contributed by atoms with E-state index in [4.69, 9.17) is 5.11 Å². The van der Waals surface area contributed by atoms with Crippen molar-refractivity contribution in [1.82, 2.24) is 20.1 Å². The number of aryl methyl sites for hydroxylation is 1. The minimum atomic E-state index is -0.886. The largest absolute Gasteiger partial charge is 0.481 e. The van der Waals surface area contributed by atoms with Crippen molar-refractivity contribution in [2.24, 2.45) is 0 Å². The van der Waals surface area contributed by atoms with Crippen LogP contribution in [-0.4, -0.2) is 37.0 Å². The van der Waals surface area contributed by atoms with Gasteiger partial charge in [-0.2, -0.15) is 0 Å². The first-order valence-corrected chi connectivity index (χ1v) is 12.0. The second kappa shape index (κ2) is 9.65. The summed E-state index contributed by atoms with van der Waals surface area (Å²) in [4.78, 5) is 25.0. The molecule has 1 aromatic carbocycles. The number of nitrogens with zero attached hydrogens (tertiary/aromatic N) is 3. The number of carbonyl (C=O) groups is 2. The fourth-order valence-electron chi connectivity index (χ4n) is 3.78. The number of nitrogens with one attached hydrogen (secondary N) is 1. The zero-order chi connectivity index (χ0) is 21.8. The maximum absolute atomic E-state index is 13.0. The number of hydrogen-bond donors (Lipinski definition) is 2. The van der Waals surface area contributed by atoms with E-state index in [2.05, 4.69) is 27.6 Å². The van der Waals surface area contributed by atoms with Crippen LogP contribution >= 0.6 is 23.1 Å². The van der Waals surface area contributed by atoms with Gasteiger partial charge in [-0.1, -0.05) is 42.1 Å². The lowest BCUT2D eigenvalue weighted by Gasteiger charge is -2.27. The number of fused-ring (bicyclic) bond motifs is 1. The molecule has 162 valence electrons. The Morgan fingerprint density at radius 2 is 2.13 bits per heavy atom. The average molecular weight is 457 g/mol. The number of aromatic nitrogens is 3. The molecular weight excluding hydrogens is 432 g/mol. The first-order valence-electron chi connectivity index (χ1n) is 10.3. The molecule has 2 atom stereocenters. The van der Waals surface area contributed by atoms with Gasteiger partial charge in [-0.05, 0) is 48.8 Å². The molecular formula is C22H24N4O3S2. The number of benzene rings is 1. The summed E-state index contributed by atoms with van der Waals surface area (Å²) in [6.45, 7) is 2.10. The molecule has 0 spiro atoms. The van der Waals surface area contributed by atoms with Gasteiger partial charge in [-0.25, -0.2) is 0 Å². The van der Waals surface area contributed by atoms with Gasteiger partial charge in [0.05, 0.1) is 22.6 Å². The Bertz CT molecular complexity index is 1060. The smallest absolute Gasteiger partial charge is 0.305 e. The lowest BCUT2D eigenvalue weighted by molar-refractivity contribution is -0.137. The van der Waals surface area contributed by atoms with E-state index in [-0.39, 0.29) is 24.9 Å². The van der Waals surface area contributed by atoms with Crippen molar-refractivity contribution in [2.45, 2.75) is 55.6 Å². The number of rotatable bonds is 8. The van der Waals surface area contributed by atoms with Crippen molar-refractivity contribution in [3.05, 3.63) is 52.9 Å². The van der Waals surface area contributed by atoms with Crippen LogP contribution in [0.15, 0.2) is 46.9 Å². The summed E-state index contributed by atoms with van der Waals surface area (Å²) in [5.41, 5.74) is 2.50. The van der Waals surface area contributed by atoms with Gasteiger partial charge in [0, 0.05) is 6.54 Å². The van der Waals surface area contributed by atoms with Gasteiger partial charge in [-0.3, -0.25) is 9.59 Å². The van der Waals surface area contributed by atoms with Crippen LogP contribution in [0, 0.1) is 0 Å². The number of thioether (sulfide) groups is 1. The first-order chi connectivity index (χ1) is 15.0. The highest BCUT2D eigenvalue weighted by molar-refractivity contribution is 8.00. The minimum Gasteiger partial charge on any atom is -0.481 e. The topological polar surface area (TPSA) is 97.1 Å².